The van der Waals surface area contributed by atoms with Crippen LogP contribution in [0.15, 0.2) is 24.3 Å². The highest BCUT2D eigenvalue weighted by molar-refractivity contribution is 7.19. The smallest absolute Gasteiger partial charge is 0.386 e. The molecule has 0 spiro atoms. The highest BCUT2D eigenvalue weighted by Gasteiger charge is 2.34. The number of ether oxygens (including phenoxy) is 1. The van der Waals surface area contributed by atoms with Gasteiger partial charge >= 0.3 is 12.2 Å². The van der Waals surface area contributed by atoms with Crippen LogP contribution in [0.5, 0.6) is 6.01 Å². The highest BCUT2D eigenvalue weighted by atomic mass is 35.5. The largest absolute Gasteiger partial charge is 0.462 e. The quantitative estimate of drug-likeness (QED) is 0.123. The molecule has 3 fully saturated rings. The lowest BCUT2D eigenvalue weighted by molar-refractivity contribution is -0.110. The molecule has 8 nitrogen and oxygen atoms in total. The van der Waals surface area contributed by atoms with Crippen LogP contribution >= 0.6 is 22.9 Å². The molecule has 0 aliphatic carbocycles. The van der Waals surface area contributed by atoms with Crippen molar-refractivity contribution in [3.8, 4) is 23.2 Å². The Labute approximate surface area is 287 Å². The van der Waals surface area contributed by atoms with Crippen LogP contribution in [0.4, 0.5) is 29.1 Å². The Kier molecular flexibility index (Phi) is 12.3. The number of thiophene rings is 1. The van der Waals surface area contributed by atoms with Crippen LogP contribution in [0.3, 0.4) is 0 Å². The number of nitrogen functional groups attached to an aromatic ring is 1. The predicted molar refractivity (Wildman–Crippen MR) is 188 cm³/mol. The third kappa shape index (κ3) is 8.05. The number of alkyl halides is 4. The molecule has 2 bridgehead atoms. The summed E-state index contributed by atoms with van der Waals surface area (Å²) in [7, 11) is 2.07. The number of piperazine rings is 1. The third-order valence-corrected chi connectivity index (χ3v) is 9.64. The fourth-order valence-corrected chi connectivity index (χ4v) is 7.40. The Morgan fingerprint density at radius 1 is 1.10 bits per heavy atom. The second kappa shape index (κ2) is 15.8. The first kappa shape index (κ1) is 37.4. The molecule has 3 aliphatic rings. The van der Waals surface area contributed by atoms with Crippen LogP contribution in [0.25, 0.3) is 32.1 Å². The van der Waals surface area contributed by atoms with Gasteiger partial charge in [-0.1, -0.05) is 19.9 Å². The molecule has 5 heterocycles. The van der Waals surface area contributed by atoms with E-state index in [9.17, 15) is 18.4 Å². The van der Waals surface area contributed by atoms with Gasteiger partial charge in [0.25, 0.3) is 0 Å². The topological polar surface area (TPSA) is 103 Å². The average molecular weight is 708 g/mol. The van der Waals surface area contributed by atoms with E-state index >= 15 is 4.39 Å². The van der Waals surface area contributed by atoms with E-state index in [2.05, 4.69) is 44.8 Å². The molecule has 2 aromatic carbocycles. The maximum Gasteiger partial charge on any atom is 0.386 e. The van der Waals surface area contributed by atoms with Crippen molar-refractivity contribution >= 4 is 55.4 Å². The number of nitriles is 1. The first-order valence-electron chi connectivity index (χ1n) is 15.9. The Morgan fingerprint density at radius 3 is 2.31 bits per heavy atom. The van der Waals surface area contributed by atoms with Crippen LogP contribution in [-0.4, -0.2) is 78.8 Å². The van der Waals surface area contributed by atoms with Gasteiger partial charge in [0.2, 0.25) is 0 Å². The number of fused-ring (bicyclic) bond motifs is 4. The summed E-state index contributed by atoms with van der Waals surface area (Å²) >= 11 is 6.17. The summed E-state index contributed by atoms with van der Waals surface area (Å²) < 4.78 is 54.7. The molecule has 4 aromatic rings. The van der Waals surface area contributed by atoms with Gasteiger partial charge < -0.3 is 20.7 Å². The van der Waals surface area contributed by atoms with Gasteiger partial charge in [-0.15, -0.1) is 22.9 Å². The van der Waals surface area contributed by atoms with E-state index in [0.717, 1.165) is 54.3 Å². The van der Waals surface area contributed by atoms with Crippen molar-refractivity contribution in [2.24, 2.45) is 0 Å². The van der Waals surface area contributed by atoms with Gasteiger partial charge in [0.05, 0.1) is 11.3 Å². The Bertz CT molecular complexity index is 1760. The van der Waals surface area contributed by atoms with Crippen molar-refractivity contribution in [2.45, 2.75) is 71.3 Å². The van der Waals surface area contributed by atoms with Crippen LogP contribution in [0.2, 0.25) is 0 Å². The number of aromatic nitrogens is 2. The van der Waals surface area contributed by atoms with Crippen LogP contribution < -0.4 is 20.7 Å². The molecular weight excluding hydrogens is 666 g/mol. The fourth-order valence-electron chi connectivity index (χ4n) is 6.32. The van der Waals surface area contributed by atoms with Gasteiger partial charge in [0.15, 0.2) is 5.82 Å². The molecule has 3 saturated heterocycles. The standard InChI is InChI=1S/C29H30FN7OS.C2H3F3.C2H6.CH3Cl/c1-15-24(25-21(11-31)22(32)7-8-23(25)39-15)19-5-6-20-27(26(19)30)34-29(38-14-18-9-10-36(18)2)35-28(20)37-12-16-3-4-17(13-37)33-16;1-2(3,4)5;2*1-2/h5-8,16-18,33H,3-4,9-10,12-14,32H2,1-2H3;1H3;1-2H3;1H3/t16?,17?,18-;;;/m0.../s1. The lowest BCUT2D eigenvalue weighted by atomic mass is 9.96. The van der Waals surface area contributed by atoms with Gasteiger partial charge in [-0.3, -0.25) is 4.90 Å². The maximum atomic E-state index is 16.6. The summed E-state index contributed by atoms with van der Waals surface area (Å²) in [6.07, 6.45) is 0.801. The summed E-state index contributed by atoms with van der Waals surface area (Å²) in [5.74, 6) is 0.281. The monoisotopic (exact) mass is 707 g/mol. The molecule has 3 N–H and O–H groups in total. The van der Waals surface area contributed by atoms with E-state index in [1.54, 1.807) is 12.1 Å². The SMILES string of the molecule is CC.CC(F)(F)F.CCl.Cc1sc2ccc(N)c(C#N)c2c1-c1ccc2c(N3CC4CCC(C3)N4)nc(OC[C@@H]3CCN3C)nc2c1F. The van der Waals surface area contributed by atoms with Crippen molar-refractivity contribution in [2.75, 3.05) is 50.3 Å². The van der Waals surface area contributed by atoms with Gasteiger partial charge in [0.1, 0.15) is 24.0 Å². The number of aryl methyl sites for hydroxylation is 1. The minimum Gasteiger partial charge on any atom is -0.462 e. The van der Waals surface area contributed by atoms with Gasteiger partial charge in [0, 0.05) is 76.0 Å². The maximum absolute atomic E-state index is 16.6. The molecule has 7 rings (SSSR count). The summed E-state index contributed by atoms with van der Waals surface area (Å²) in [6, 6.07) is 10.9. The Balaban J connectivity index is 0.000000524. The molecular formula is C34H42ClF4N7OS. The van der Waals surface area contributed by atoms with Crippen LogP contribution in [0.1, 0.15) is 50.5 Å². The lowest BCUT2D eigenvalue weighted by Gasteiger charge is -2.37. The molecule has 260 valence electrons. The molecule has 2 unspecified atom stereocenters. The summed E-state index contributed by atoms with van der Waals surface area (Å²) in [5.41, 5.74) is 8.25. The van der Waals surface area contributed by atoms with Gasteiger partial charge in [-0.05, 0) is 58.0 Å². The number of halogens is 5. The number of hydrogen-bond acceptors (Lipinski definition) is 9. The first-order valence-corrected chi connectivity index (χ1v) is 17.5. The molecule has 2 aromatic heterocycles. The van der Waals surface area contributed by atoms with Crippen molar-refractivity contribution in [1.29, 1.82) is 5.26 Å². The number of benzene rings is 2. The number of likely N-dealkylation sites (N-methyl/N-ethyl adjacent to an activating group) is 1. The van der Waals surface area contributed by atoms with Crippen LogP contribution in [0, 0.1) is 24.1 Å². The number of nitrogens with two attached hydrogens (primary N) is 1. The first-order chi connectivity index (χ1) is 22.9. The summed E-state index contributed by atoms with van der Waals surface area (Å²) in [4.78, 5) is 14.9. The number of hydrogen-bond donors (Lipinski definition) is 2. The number of nitrogens with one attached hydrogen (secondary N) is 1. The minimum atomic E-state index is -4.00. The normalized spacial score (nSPS) is 20.0. The molecule has 0 amide bonds. The Morgan fingerprint density at radius 2 is 1.75 bits per heavy atom. The van der Waals surface area contributed by atoms with Crippen molar-refractivity contribution in [3.63, 3.8) is 0 Å². The van der Waals surface area contributed by atoms with E-state index in [4.69, 9.17) is 15.5 Å². The Hall–Kier alpha value is -3.44. The van der Waals surface area contributed by atoms with E-state index in [1.165, 1.54) is 17.7 Å². The molecule has 48 heavy (non-hydrogen) atoms. The van der Waals surface area contributed by atoms with Gasteiger partial charge in [-0.25, -0.2) is 4.39 Å². The molecule has 3 aliphatic heterocycles. The number of rotatable bonds is 5. The zero-order valence-electron chi connectivity index (χ0n) is 28.0. The van der Waals surface area contributed by atoms with E-state index in [1.807, 2.05) is 32.9 Å². The zero-order valence-corrected chi connectivity index (χ0v) is 29.6. The highest BCUT2D eigenvalue weighted by Crippen LogP contribution is 2.44. The molecule has 3 atom stereocenters. The van der Waals surface area contributed by atoms with Gasteiger partial charge in [-0.2, -0.15) is 28.4 Å². The average Bonchev–Trinajstić information content (AvgIpc) is 3.58. The summed E-state index contributed by atoms with van der Waals surface area (Å²) in [5, 5.41) is 14.9. The lowest BCUT2D eigenvalue weighted by Crippen LogP contribution is -2.51. The van der Waals surface area contributed by atoms with E-state index < -0.39 is 12.0 Å². The third-order valence-electron chi connectivity index (χ3n) is 8.57. The summed E-state index contributed by atoms with van der Waals surface area (Å²) in [6.45, 7) is 9.28. The number of anilines is 2. The number of nitrogens with zero attached hydrogens (tertiary/aromatic N) is 5. The van der Waals surface area contributed by atoms with Crippen molar-refractivity contribution < 1.29 is 22.3 Å². The predicted octanol–water partition coefficient (Wildman–Crippen LogP) is 7.89. The number of likely N-dealkylation sites (tertiary alicyclic amines) is 1. The second-order valence-electron chi connectivity index (χ2n) is 11.8. The second-order valence-corrected chi connectivity index (χ2v) is 13.0. The van der Waals surface area contributed by atoms with E-state index in [0.29, 0.717) is 57.9 Å². The zero-order chi connectivity index (χ0) is 35.3. The molecule has 0 radical (unpaired) electrons. The van der Waals surface area contributed by atoms with Crippen molar-refractivity contribution in [3.05, 3.63) is 40.5 Å². The minimum absolute atomic E-state index is 0.188. The van der Waals surface area contributed by atoms with E-state index in [-0.39, 0.29) is 18.5 Å². The molecule has 14 heteroatoms. The van der Waals surface area contributed by atoms with Crippen molar-refractivity contribution in [1.82, 2.24) is 20.2 Å². The fraction of sp³-hybridized carbons (Fsp3) is 0.500. The van der Waals surface area contributed by atoms with Crippen LogP contribution in [-0.2, 0) is 0 Å². The molecule has 0 saturated carbocycles.